The highest BCUT2D eigenvalue weighted by atomic mass is 16.3. The van der Waals surface area contributed by atoms with Crippen LogP contribution in [0.1, 0.15) is 23.2 Å². The number of β-amino-alcohol motifs (C(OH)–C–C–N with tert-alkyl or cyclic N) is 1. The first-order chi connectivity index (χ1) is 12.7. The highest BCUT2D eigenvalue weighted by Gasteiger charge is 2.39. The van der Waals surface area contributed by atoms with Crippen molar-refractivity contribution in [2.24, 2.45) is 0 Å². The highest BCUT2D eigenvalue weighted by molar-refractivity contribution is 5.70. The molecule has 130 valence electrons. The Morgan fingerprint density at radius 2 is 2.00 bits per heavy atom. The number of aliphatic hydroxyl groups is 1. The predicted octanol–water partition coefficient (Wildman–Crippen LogP) is 2.44. The molecule has 3 aromatic rings. The SMILES string of the molecule is N#Cc1ccccc1-c1ccc(CN2CC[C@@](O)(c3cn[nH]n3)C2)cc1. The third kappa shape index (κ3) is 3.10. The summed E-state index contributed by atoms with van der Waals surface area (Å²) in [7, 11) is 0. The van der Waals surface area contributed by atoms with Crippen molar-refractivity contribution in [3.8, 4) is 17.2 Å². The topological polar surface area (TPSA) is 88.8 Å². The second kappa shape index (κ2) is 6.71. The molecule has 26 heavy (non-hydrogen) atoms. The van der Waals surface area contributed by atoms with Gasteiger partial charge in [-0.3, -0.25) is 4.90 Å². The van der Waals surface area contributed by atoms with Crippen LogP contribution in [-0.4, -0.2) is 38.5 Å². The van der Waals surface area contributed by atoms with E-state index < -0.39 is 5.60 Å². The van der Waals surface area contributed by atoms with E-state index in [0.29, 0.717) is 24.2 Å². The number of aromatic amines is 1. The zero-order chi connectivity index (χ0) is 18.0. The van der Waals surface area contributed by atoms with Gasteiger partial charge < -0.3 is 5.11 Å². The molecule has 2 aromatic carbocycles. The number of hydrogen-bond acceptors (Lipinski definition) is 5. The number of likely N-dealkylation sites (tertiary alicyclic amines) is 1. The molecule has 6 nitrogen and oxygen atoms in total. The molecular formula is C20H19N5O. The van der Waals surface area contributed by atoms with Crippen molar-refractivity contribution in [2.45, 2.75) is 18.6 Å². The normalized spacial score (nSPS) is 20.2. The molecule has 1 atom stereocenters. The number of nitrogens with one attached hydrogen (secondary N) is 1. The van der Waals surface area contributed by atoms with Gasteiger partial charge in [-0.05, 0) is 29.2 Å². The fourth-order valence-corrected chi connectivity index (χ4v) is 3.52. The minimum absolute atomic E-state index is 0.540. The van der Waals surface area contributed by atoms with Crippen molar-refractivity contribution >= 4 is 0 Å². The lowest BCUT2D eigenvalue weighted by Crippen LogP contribution is -2.31. The molecule has 1 aromatic heterocycles. The number of benzene rings is 2. The van der Waals surface area contributed by atoms with Crippen molar-refractivity contribution in [2.75, 3.05) is 13.1 Å². The summed E-state index contributed by atoms with van der Waals surface area (Å²) in [4.78, 5) is 2.22. The first kappa shape index (κ1) is 16.5. The van der Waals surface area contributed by atoms with Gasteiger partial charge >= 0.3 is 0 Å². The standard InChI is InChI=1S/C20H19N5O/c21-11-17-3-1-2-4-18(17)16-7-5-15(6-8-16)13-25-10-9-20(26,14-25)19-12-22-24-23-19/h1-8,12,26H,9-10,13-14H2,(H,22,23,24)/t20-/m0/s1. The lowest BCUT2D eigenvalue weighted by molar-refractivity contribution is 0.0409. The molecular weight excluding hydrogens is 326 g/mol. The Balaban J connectivity index is 1.46. The summed E-state index contributed by atoms with van der Waals surface area (Å²) >= 11 is 0. The third-order valence-electron chi connectivity index (χ3n) is 4.94. The summed E-state index contributed by atoms with van der Waals surface area (Å²) in [5, 5.41) is 30.4. The number of rotatable bonds is 4. The number of H-pyrrole nitrogens is 1. The van der Waals surface area contributed by atoms with Crippen LogP contribution >= 0.6 is 0 Å². The molecule has 2 heterocycles. The quantitative estimate of drug-likeness (QED) is 0.758. The van der Waals surface area contributed by atoms with E-state index in [-0.39, 0.29) is 0 Å². The highest BCUT2D eigenvalue weighted by Crippen LogP contribution is 2.31. The van der Waals surface area contributed by atoms with Crippen LogP contribution in [0, 0.1) is 11.3 Å². The van der Waals surface area contributed by atoms with Gasteiger partial charge in [0.25, 0.3) is 0 Å². The molecule has 0 radical (unpaired) electrons. The van der Waals surface area contributed by atoms with Gasteiger partial charge in [-0.1, -0.05) is 42.5 Å². The van der Waals surface area contributed by atoms with Crippen LogP contribution in [0.4, 0.5) is 0 Å². The largest absolute Gasteiger partial charge is 0.382 e. The lowest BCUT2D eigenvalue weighted by atomic mass is 9.99. The molecule has 1 aliphatic heterocycles. The Kier molecular flexibility index (Phi) is 4.25. The Hall–Kier alpha value is -3.01. The fraction of sp³-hybridized carbons (Fsp3) is 0.250. The zero-order valence-corrected chi connectivity index (χ0v) is 14.3. The van der Waals surface area contributed by atoms with Gasteiger partial charge in [0, 0.05) is 19.6 Å². The molecule has 0 bridgehead atoms. The van der Waals surface area contributed by atoms with E-state index in [9.17, 15) is 10.4 Å². The lowest BCUT2D eigenvalue weighted by Gasteiger charge is -2.21. The Morgan fingerprint density at radius 1 is 1.19 bits per heavy atom. The van der Waals surface area contributed by atoms with E-state index in [4.69, 9.17) is 0 Å². The van der Waals surface area contributed by atoms with E-state index in [1.54, 1.807) is 6.20 Å². The average Bonchev–Trinajstić information content (AvgIpc) is 3.34. The van der Waals surface area contributed by atoms with Gasteiger partial charge in [-0.2, -0.15) is 20.7 Å². The van der Waals surface area contributed by atoms with E-state index in [1.807, 2.05) is 36.4 Å². The molecule has 0 saturated carbocycles. The predicted molar refractivity (Wildman–Crippen MR) is 96.8 cm³/mol. The zero-order valence-electron chi connectivity index (χ0n) is 14.3. The summed E-state index contributed by atoms with van der Waals surface area (Å²) < 4.78 is 0. The van der Waals surface area contributed by atoms with Crippen LogP contribution in [0.3, 0.4) is 0 Å². The smallest absolute Gasteiger partial charge is 0.124 e. The molecule has 0 amide bonds. The van der Waals surface area contributed by atoms with Crippen molar-refractivity contribution in [1.29, 1.82) is 5.26 Å². The summed E-state index contributed by atoms with van der Waals surface area (Å²) in [5.74, 6) is 0. The first-order valence-electron chi connectivity index (χ1n) is 8.57. The van der Waals surface area contributed by atoms with Crippen LogP contribution in [0.25, 0.3) is 11.1 Å². The van der Waals surface area contributed by atoms with Crippen LogP contribution in [0.2, 0.25) is 0 Å². The van der Waals surface area contributed by atoms with Crippen LogP contribution in [0.15, 0.2) is 54.7 Å². The monoisotopic (exact) mass is 345 g/mol. The second-order valence-electron chi connectivity index (χ2n) is 6.70. The second-order valence-corrected chi connectivity index (χ2v) is 6.70. The minimum atomic E-state index is -0.932. The maximum absolute atomic E-state index is 10.8. The maximum atomic E-state index is 10.8. The summed E-state index contributed by atoms with van der Waals surface area (Å²) in [6.45, 7) is 2.11. The van der Waals surface area contributed by atoms with E-state index in [0.717, 1.165) is 24.2 Å². The van der Waals surface area contributed by atoms with Crippen molar-refractivity contribution in [3.63, 3.8) is 0 Å². The summed E-state index contributed by atoms with van der Waals surface area (Å²) in [5.41, 5.74) is 3.50. The summed E-state index contributed by atoms with van der Waals surface area (Å²) in [6, 6.07) is 18.1. The third-order valence-corrected chi connectivity index (χ3v) is 4.94. The number of nitriles is 1. The Morgan fingerprint density at radius 3 is 2.73 bits per heavy atom. The van der Waals surface area contributed by atoms with Crippen LogP contribution < -0.4 is 0 Å². The van der Waals surface area contributed by atoms with Gasteiger partial charge in [-0.25, -0.2) is 0 Å². The summed E-state index contributed by atoms with van der Waals surface area (Å²) in [6.07, 6.45) is 2.23. The van der Waals surface area contributed by atoms with E-state index >= 15 is 0 Å². The van der Waals surface area contributed by atoms with Gasteiger partial charge in [0.1, 0.15) is 11.3 Å². The van der Waals surface area contributed by atoms with Crippen LogP contribution in [-0.2, 0) is 12.1 Å². The minimum Gasteiger partial charge on any atom is -0.382 e. The van der Waals surface area contributed by atoms with Crippen LogP contribution in [0.5, 0.6) is 0 Å². The molecule has 0 aliphatic carbocycles. The van der Waals surface area contributed by atoms with Gasteiger partial charge in [0.05, 0.1) is 17.8 Å². The van der Waals surface area contributed by atoms with Gasteiger partial charge in [0.15, 0.2) is 0 Å². The molecule has 2 N–H and O–H groups in total. The van der Waals surface area contributed by atoms with Crippen molar-refractivity contribution < 1.29 is 5.11 Å². The number of hydrogen-bond donors (Lipinski definition) is 2. The molecule has 4 rings (SSSR count). The average molecular weight is 345 g/mol. The fourth-order valence-electron chi connectivity index (χ4n) is 3.52. The molecule has 1 saturated heterocycles. The molecule has 6 heteroatoms. The van der Waals surface area contributed by atoms with Gasteiger partial charge in [0.2, 0.25) is 0 Å². The molecule has 1 fully saturated rings. The van der Waals surface area contributed by atoms with E-state index in [2.05, 4.69) is 38.5 Å². The Labute approximate surface area is 151 Å². The molecule has 1 aliphatic rings. The molecule has 0 unspecified atom stereocenters. The number of nitrogens with zero attached hydrogens (tertiary/aromatic N) is 4. The van der Waals surface area contributed by atoms with E-state index in [1.165, 1.54) is 5.56 Å². The molecule has 0 spiro atoms. The first-order valence-corrected chi connectivity index (χ1v) is 8.57. The number of aromatic nitrogens is 3. The Bertz CT molecular complexity index is 930. The maximum Gasteiger partial charge on any atom is 0.124 e. The van der Waals surface area contributed by atoms with Gasteiger partial charge in [-0.15, -0.1) is 0 Å². The van der Waals surface area contributed by atoms with Crippen molar-refractivity contribution in [3.05, 3.63) is 71.5 Å². The van der Waals surface area contributed by atoms with Crippen molar-refractivity contribution in [1.82, 2.24) is 20.3 Å².